The minimum atomic E-state index is -0.884. The van der Waals surface area contributed by atoms with Gasteiger partial charge in [0, 0.05) is 25.2 Å². The SMILES string of the molecule is CCOC(=O)C(CCC(=O)Nc1c(Cl)cccc1Cl)C(Cc1ccccc1)OC(=O)Sn1ccnc1. The predicted molar refractivity (Wildman–Crippen MR) is 140 cm³/mol. The van der Waals surface area contributed by atoms with Gasteiger partial charge in [0.25, 0.3) is 0 Å². The molecular weight excluding hydrogens is 525 g/mol. The fourth-order valence-electron chi connectivity index (χ4n) is 3.46. The molecule has 8 nitrogen and oxygen atoms in total. The molecule has 190 valence electrons. The molecule has 0 bridgehead atoms. The van der Waals surface area contributed by atoms with Crippen LogP contribution in [-0.4, -0.2) is 38.8 Å². The lowest BCUT2D eigenvalue weighted by atomic mass is 9.91. The van der Waals surface area contributed by atoms with E-state index in [1.807, 2.05) is 30.3 Å². The van der Waals surface area contributed by atoms with Crippen LogP contribution >= 0.6 is 35.1 Å². The first-order valence-corrected chi connectivity index (χ1v) is 12.7. The zero-order valence-electron chi connectivity index (χ0n) is 19.4. The largest absolute Gasteiger partial charge is 0.466 e. The van der Waals surface area contributed by atoms with Gasteiger partial charge in [-0.25, -0.2) is 9.78 Å². The van der Waals surface area contributed by atoms with Crippen LogP contribution in [0.15, 0.2) is 67.3 Å². The second-order valence-corrected chi connectivity index (χ2v) is 9.40. The number of amides is 1. The fraction of sp³-hybridized carbons (Fsp3) is 0.280. The molecule has 3 rings (SSSR count). The summed E-state index contributed by atoms with van der Waals surface area (Å²) >= 11 is 13.1. The van der Waals surface area contributed by atoms with Gasteiger partial charge in [-0.15, -0.1) is 0 Å². The van der Waals surface area contributed by atoms with Crippen molar-refractivity contribution in [3.8, 4) is 0 Å². The normalized spacial score (nSPS) is 12.4. The van der Waals surface area contributed by atoms with Crippen molar-refractivity contribution in [2.75, 3.05) is 11.9 Å². The van der Waals surface area contributed by atoms with Gasteiger partial charge < -0.3 is 14.8 Å². The zero-order chi connectivity index (χ0) is 25.9. The van der Waals surface area contributed by atoms with Gasteiger partial charge in [0.15, 0.2) is 0 Å². The number of hydrogen-bond acceptors (Lipinski definition) is 7. The second-order valence-electron chi connectivity index (χ2n) is 7.65. The number of esters is 1. The lowest BCUT2D eigenvalue weighted by Crippen LogP contribution is -2.36. The van der Waals surface area contributed by atoms with Crippen molar-refractivity contribution in [2.24, 2.45) is 5.92 Å². The molecule has 0 aliphatic carbocycles. The number of ether oxygens (including phenoxy) is 2. The van der Waals surface area contributed by atoms with Crippen LogP contribution < -0.4 is 5.32 Å². The number of nitrogens with zero attached hydrogens (tertiary/aromatic N) is 2. The Morgan fingerprint density at radius 2 is 1.81 bits per heavy atom. The number of anilines is 1. The summed E-state index contributed by atoms with van der Waals surface area (Å²) in [4.78, 5) is 42.2. The number of hydrogen-bond donors (Lipinski definition) is 1. The Balaban J connectivity index is 1.77. The van der Waals surface area contributed by atoms with E-state index >= 15 is 0 Å². The van der Waals surface area contributed by atoms with Crippen molar-refractivity contribution in [2.45, 2.75) is 32.3 Å². The van der Waals surface area contributed by atoms with Gasteiger partial charge >= 0.3 is 11.3 Å². The second kappa shape index (κ2) is 13.9. The molecule has 0 aliphatic rings. The maximum atomic E-state index is 12.9. The molecule has 1 N–H and O–H groups in total. The van der Waals surface area contributed by atoms with Gasteiger partial charge in [0.1, 0.15) is 12.4 Å². The summed E-state index contributed by atoms with van der Waals surface area (Å²) in [6.07, 6.45) is 4.02. The maximum absolute atomic E-state index is 12.9. The van der Waals surface area contributed by atoms with Gasteiger partial charge in [0.2, 0.25) is 5.91 Å². The number of rotatable bonds is 11. The molecule has 2 aromatic carbocycles. The van der Waals surface area contributed by atoms with Crippen molar-refractivity contribution < 1.29 is 23.9 Å². The number of halogens is 2. The monoisotopic (exact) mass is 549 g/mol. The Kier molecular flexibility index (Phi) is 10.7. The molecule has 2 atom stereocenters. The Hall–Kier alpha value is -3.01. The van der Waals surface area contributed by atoms with Crippen LogP contribution in [0, 0.1) is 5.92 Å². The molecule has 0 aliphatic heterocycles. The molecule has 11 heteroatoms. The van der Waals surface area contributed by atoms with Crippen molar-refractivity contribution in [1.29, 1.82) is 0 Å². The molecule has 1 amide bonds. The molecule has 3 aromatic rings. The number of nitrogens with one attached hydrogen (secondary N) is 1. The van der Waals surface area contributed by atoms with Gasteiger partial charge in [0.05, 0.1) is 40.2 Å². The van der Waals surface area contributed by atoms with Crippen molar-refractivity contribution in [3.63, 3.8) is 0 Å². The smallest absolute Gasteiger partial charge is 0.388 e. The first-order valence-electron chi connectivity index (χ1n) is 11.2. The van der Waals surface area contributed by atoms with Crippen LogP contribution in [0.3, 0.4) is 0 Å². The van der Waals surface area contributed by atoms with Crippen molar-refractivity contribution in [1.82, 2.24) is 8.96 Å². The number of benzene rings is 2. The summed E-state index contributed by atoms with van der Waals surface area (Å²) in [5.74, 6) is -1.83. The van der Waals surface area contributed by atoms with E-state index in [9.17, 15) is 14.4 Å². The summed E-state index contributed by atoms with van der Waals surface area (Å²) < 4.78 is 12.5. The van der Waals surface area contributed by atoms with Crippen LogP contribution in [0.2, 0.25) is 10.0 Å². The van der Waals surface area contributed by atoms with Gasteiger partial charge in [-0.05, 0) is 31.0 Å². The first-order chi connectivity index (χ1) is 17.4. The van der Waals surface area contributed by atoms with Crippen LogP contribution in [0.1, 0.15) is 25.3 Å². The Bertz CT molecular complexity index is 1140. The lowest BCUT2D eigenvalue weighted by molar-refractivity contribution is -0.152. The highest BCUT2D eigenvalue weighted by molar-refractivity contribution is 8.11. The molecule has 0 saturated carbocycles. The Labute approximate surface area is 223 Å². The van der Waals surface area contributed by atoms with Gasteiger partial charge in [-0.1, -0.05) is 59.6 Å². The van der Waals surface area contributed by atoms with Gasteiger partial charge in [-0.2, -0.15) is 0 Å². The summed E-state index contributed by atoms with van der Waals surface area (Å²) in [5.41, 5.74) is 1.16. The first kappa shape index (κ1) is 27.6. The summed E-state index contributed by atoms with van der Waals surface area (Å²) in [5, 5.41) is 2.66. The molecule has 0 saturated heterocycles. The van der Waals surface area contributed by atoms with E-state index in [4.69, 9.17) is 32.7 Å². The van der Waals surface area contributed by atoms with Crippen LogP contribution in [0.4, 0.5) is 10.5 Å². The lowest BCUT2D eigenvalue weighted by Gasteiger charge is -2.25. The van der Waals surface area contributed by atoms with Crippen molar-refractivity contribution in [3.05, 3.63) is 82.9 Å². The minimum absolute atomic E-state index is 0.0530. The molecule has 0 spiro atoms. The van der Waals surface area contributed by atoms with E-state index in [1.165, 1.54) is 16.5 Å². The standard InChI is InChI=1S/C25H25Cl2N3O5S/c1-2-34-24(32)18(11-12-22(31)29-23-19(26)9-6-10-20(23)27)21(15-17-7-4-3-5-8-17)35-25(33)36-30-14-13-28-16-30/h3-10,13-14,16,18,21H,2,11-12,15H2,1H3,(H,29,31). The van der Waals surface area contributed by atoms with E-state index in [2.05, 4.69) is 10.3 Å². The number of carbonyl (C=O) groups is 3. The highest BCUT2D eigenvalue weighted by Gasteiger charge is 2.33. The van der Waals surface area contributed by atoms with Crippen molar-refractivity contribution >= 4 is 58.0 Å². The molecule has 2 unspecified atom stereocenters. The zero-order valence-corrected chi connectivity index (χ0v) is 21.8. The van der Waals surface area contributed by atoms with E-state index in [0.29, 0.717) is 15.7 Å². The molecule has 1 aromatic heterocycles. The predicted octanol–water partition coefficient (Wildman–Crippen LogP) is 6.03. The maximum Gasteiger partial charge on any atom is 0.388 e. The number of aromatic nitrogens is 2. The molecule has 1 heterocycles. The summed E-state index contributed by atoms with van der Waals surface area (Å²) in [6, 6.07) is 14.2. The average Bonchev–Trinajstić information content (AvgIpc) is 3.35. The molecule has 0 fully saturated rings. The number of para-hydroxylation sites is 1. The third-order valence-corrected chi connectivity index (χ3v) is 6.44. The summed E-state index contributed by atoms with van der Waals surface area (Å²) in [6.45, 7) is 1.83. The van der Waals surface area contributed by atoms with E-state index in [1.54, 1.807) is 31.3 Å². The topological polar surface area (TPSA) is 99.5 Å². The number of carbonyl (C=O) groups excluding carboxylic acids is 3. The van der Waals surface area contributed by atoms with E-state index in [0.717, 1.165) is 17.5 Å². The quantitative estimate of drug-likeness (QED) is 0.291. The van der Waals surface area contributed by atoms with Crippen LogP contribution in [-0.2, 0) is 25.5 Å². The highest BCUT2D eigenvalue weighted by Crippen LogP contribution is 2.30. The van der Waals surface area contributed by atoms with E-state index in [-0.39, 0.29) is 25.9 Å². The van der Waals surface area contributed by atoms with E-state index < -0.39 is 29.2 Å². The van der Waals surface area contributed by atoms with Crippen LogP contribution in [0.5, 0.6) is 0 Å². The average molecular weight is 550 g/mol. The number of imidazole rings is 1. The highest BCUT2D eigenvalue weighted by atomic mass is 35.5. The third kappa shape index (κ3) is 8.29. The molecule has 36 heavy (non-hydrogen) atoms. The Morgan fingerprint density at radius 3 is 2.44 bits per heavy atom. The Morgan fingerprint density at radius 1 is 1.08 bits per heavy atom. The molecular formula is C25H25Cl2N3O5S. The van der Waals surface area contributed by atoms with Gasteiger partial charge in [-0.3, -0.25) is 13.6 Å². The van der Waals surface area contributed by atoms with Crippen LogP contribution in [0.25, 0.3) is 0 Å². The third-order valence-electron chi connectivity index (χ3n) is 5.14. The summed E-state index contributed by atoms with van der Waals surface area (Å²) in [7, 11) is 0. The fourth-order valence-corrected chi connectivity index (χ4v) is 4.50. The molecule has 0 radical (unpaired) electrons. The minimum Gasteiger partial charge on any atom is -0.466 e.